The van der Waals surface area contributed by atoms with Crippen molar-refractivity contribution in [2.75, 3.05) is 6.73 Å². The van der Waals surface area contributed by atoms with Gasteiger partial charge in [-0.25, -0.2) is 0 Å². The fourth-order valence-corrected chi connectivity index (χ4v) is 1.28. The van der Waals surface area contributed by atoms with Gasteiger partial charge in [-0.1, -0.05) is 19.1 Å². The molecule has 2 atom stereocenters. The van der Waals surface area contributed by atoms with Crippen molar-refractivity contribution in [1.82, 2.24) is 0 Å². The standard InChI is InChI=1S/C8H15NO/c1-7-4-2-3-5-8(7)10-6-9/h2-3,7-8H,4-6,9H2,1H3/t7?,8-/m0/s1. The summed E-state index contributed by atoms with van der Waals surface area (Å²) in [6.45, 7) is 2.55. The third-order valence-electron chi connectivity index (χ3n) is 1.99. The molecular formula is C8H15NO. The molecule has 0 aromatic carbocycles. The first kappa shape index (κ1) is 7.76. The lowest BCUT2D eigenvalue weighted by Gasteiger charge is -2.24. The van der Waals surface area contributed by atoms with E-state index in [-0.39, 0.29) is 0 Å². The molecule has 1 aliphatic rings. The van der Waals surface area contributed by atoms with Crippen LogP contribution in [-0.4, -0.2) is 12.8 Å². The maximum Gasteiger partial charge on any atom is 0.0944 e. The number of hydrogen-bond acceptors (Lipinski definition) is 2. The molecule has 0 bridgehead atoms. The number of nitrogens with two attached hydrogens (primary N) is 1. The lowest BCUT2D eigenvalue weighted by atomic mass is 9.93. The van der Waals surface area contributed by atoms with Crippen LogP contribution in [0.1, 0.15) is 19.8 Å². The highest BCUT2D eigenvalue weighted by molar-refractivity contribution is 4.93. The first-order chi connectivity index (χ1) is 4.84. The van der Waals surface area contributed by atoms with Gasteiger partial charge in [0.1, 0.15) is 0 Å². The summed E-state index contributed by atoms with van der Waals surface area (Å²) in [6.07, 6.45) is 6.89. The molecule has 2 nitrogen and oxygen atoms in total. The monoisotopic (exact) mass is 141 g/mol. The molecule has 0 aromatic heterocycles. The average Bonchev–Trinajstić information content (AvgIpc) is 1.94. The molecule has 0 saturated carbocycles. The minimum Gasteiger partial charge on any atom is -0.363 e. The lowest BCUT2D eigenvalue weighted by Crippen LogP contribution is -2.25. The molecule has 1 rings (SSSR count). The van der Waals surface area contributed by atoms with Gasteiger partial charge in [0.05, 0.1) is 12.8 Å². The van der Waals surface area contributed by atoms with E-state index >= 15 is 0 Å². The van der Waals surface area contributed by atoms with E-state index in [0.717, 1.165) is 12.8 Å². The van der Waals surface area contributed by atoms with Gasteiger partial charge in [-0.05, 0) is 18.8 Å². The molecule has 0 spiro atoms. The van der Waals surface area contributed by atoms with Crippen LogP contribution < -0.4 is 5.73 Å². The van der Waals surface area contributed by atoms with E-state index in [9.17, 15) is 0 Å². The minimum absolute atomic E-state index is 0.350. The molecular weight excluding hydrogens is 126 g/mol. The predicted octanol–water partition coefficient (Wildman–Crippen LogP) is 1.27. The fourth-order valence-electron chi connectivity index (χ4n) is 1.28. The normalized spacial score (nSPS) is 32.6. The van der Waals surface area contributed by atoms with Crippen molar-refractivity contribution < 1.29 is 4.74 Å². The Balaban J connectivity index is 2.35. The Labute approximate surface area is 62.1 Å². The van der Waals surface area contributed by atoms with Gasteiger partial charge in [0.15, 0.2) is 0 Å². The van der Waals surface area contributed by atoms with Crippen molar-refractivity contribution in [1.29, 1.82) is 0 Å². The Bertz CT molecular complexity index is 122. The molecule has 0 radical (unpaired) electrons. The molecule has 0 heterocycles. The number of hydrogen-bond donors (Lipinski definition) is 1. The number of ether oxygens (including phenoxy) is 1. The molecule has 0 saturated heterocycles. The summed E-state index contributed by atoms with van der Waals surface area (Å²) in [7, 11) is 0. The molecule has 0 aromatic rings. The van der Waals surface area contributed by atoms with E-state index in [0.29, 0.717) is 18.8 Å². The maximum absolute atomic E-state index is 5.32. The Morgan fingerprint density at radius 3 is 2.80 bits per heavy atom. The Morgan fingerprint density at radius 1 is 1.50 bits per heavy atom. The quantitative estimate of drug-likeness (QED) is 0.464. The summed E-state index contributed by atoms with van der Waals surface area (Å²) in [4.78, 5) is 0. The number of allylic oxidation sites excluding steroid dienone is 1. The van der Waals surface area contributed by atoms with Crippen LogP contribution in [0, 0.1) is 5.92 Å². The summed E-state index contributed by atoms with van der Waals surface area (Å²) in [5, 5.41) is 0. The van der Waals surface area contributed by atoms with Crippen molar-refractivity contribution >= 4 is 0 Å². The summed E-state index contributed by atoms with van der Waals surface area (Å²) >= 11 is 0. The van der Waals surface area contributed by atoms with Gasteiger partial charge in [-0.2, -0.15) is 0 Å². The highest BCUT2D eigenvalue weighted by atomic mass is 16.5. The van der Waals surface area contributed by atoms with Crippen LogP contribution in [-0.2, 0) is 4.74 Å². The molecule has 2 N–H and O–H groups in total. The highest BCUT2D eigenvalue weighted by Crippen LogP contribution is 2.20. The van der Waals surface area contributed by atoms with Gasteiger partial charge >= 0.3 is 0 Å². The van der Waals surface area contributed by atoms with Gasteiger partial charge in [-0.3, -0.25) is 0 Å². The number of rotatable bonds is 2. The molecule has 0 amide bonds. The summed E-state index contributed by atoms with van der Waals surface area (Å²) in [5.74, 6) is 0.633. The SMILES string of the molecule is CC1CC=CC[C@@H]1OCN. The Hall–Kier alpha value is -0.340. The molecule has 0 aliphatic heterocycles. The summed E-state index contributed by atoms with van der Waals surface area (Å²) in [5.41, 5.74) is 5.28. The average molecular weight is 141 g/mol. The zero-order chi connectivity index (χ0) is 7.40. The van der Waals surface area contributed by atoms with Gasteiger partial charge < -0.3 is 10.5 Å². The van der Waals surface area contributed by atoms with Crippen LogP contribution in [0.25, 0.3) is 0 Å². The van der Waals surface area contributed by atoms with Crippen LogP contribution in [0.5, 0.6) is 0 Å². The van der Waals surface area contributed by atoms with Crippen molar-refractivity contribution in [2.24, 2.45) is 11.7 Å². The maximum atomic E-state index is 5.32. The largest absolute Gasteiger partial charge is 0.363 e. The topological polar surface area (TPSA) is 35.2 Å². The minimum atomic E-state index is 0.350. The van der Waals surface area contributed by atoms with E-state index in [2.05, 4.69) is 19.1 Å². The predicted molar refractivity (Wildman–Crippen MR) is 41.5 cm³/mol. The van der Waals surface area contributed by atoms with Crippen LogP contribution in [0.3, 0.4) is 0 Å². The Kier molecular flexibility index (Phi) is 2.90. The fraction of sp³-hybridized carbons (Fsp3) is 0.750. The van der Waals surface area contributed by atoms with Crippen LogP contribution in [0.2, 0.25) is 0 Å². The third-order valence-corrected chi connectivity index (χ3v) is 1.99. The van der Waals surface area contributed by atoms with Crippen molar-refractivity contribution in [3.8, 4) is 0 Å². The zero-order valence-corrected chi connectivity index (χ0v) is 6.42. The van der Waals surface area contributed by atoms with Gasteiger partial charge in [-0.15, -0.1) is 0 Å². The Morgan fingerprint density at radius 2 is 2.20 bits per heavy atom. The molecule has 1 unspecified atom stereocenters. The smallest absolute Gasteiger partial charge is 0.0944 e. The first-order valence-electron chi connectivity index (χ1n) is 3.81. The van der Waals surface area contributed by atoms with E-state index in [4.69, 9.17) is 10.5 Å². The van der Waals surface area contributed by atoms with Crippen LogP contribution in [0.15, 0.2) is 12.2 Å². The van der Waals surface area contributed by atoms with Gasteiger partial charge in [0, 0.05) is 0 Å². The first-order valence-corrected chi connectivity index (χ1v) is 3.81. The van der Waals surface area contributed by atoms with Crippen molar-refractivity contribution in [3.05, 3.63) is 12.2 Å². The second-order valence-electron chi connectivity index (χ2n) is 2.79. The molecule has 58 valence electrons. The molecule has 1 aliphatic carbocycles. The van der Waals surface area contributed by atoms with Crippen molar-refractivity contribution in [3.63, 3.8) is 0 Å². The summed E-state index contributed by atoms with van der Waals surface area (Å²) < 4.78 is 5.32. The second-order valence-corrected chi connectivity index (χ2v) is 2.79. The van der Waals surface area contributed by atoms with E-state index < -0.39 is 0 Å². The van der Waals surface area contributed by atoms with Gasteiger partial charge in [0.25, 0.3) is 0 Å². The van der Waals surface area contributed by atoms with E-state index in [1.165, 1.54) is 0 Å². The van der Waals surface area contributed by atoms with Crippen LogP contribution >= 0.6 is 0 Å². The van der Waals surface area contributed by atoms with E-state index in [1.807, 2.05) is 0 Å². The van der Waals surface area contributed by atoms with Gasteiger partial charge in [0.2, 0.25) is 0 Å². The molecule has 10 heavy (non-hydrogen) atoms. The van der Waals surface area contributed by atoms with E-state index in [1.54, 1.807) is 0 Å². The highest BCUT2D eigenvalue weighted by Gasteiger charge is 2.17. The zero-order valence-electron chi connectivity index (χ0n) is 6.42. The molecule has 0 fully saturated rings. The van der Waals surface area contributed by atoms with Crippen molar-refractivity contribution in [2.45, 2.75) is 25.9 Å². The second kappa shape index (κ2) is 3.74. The molecule has 2 heteroatoms. The third kappa shape index (κ3) is 1.82. The lowest BCUT2D eigenvalue weighted by molar-refractivity contribution is 0.0208. The van der Waals surface area contributed by atoms with Crippen LogP contribution in [0.4, 0.5) is 0 Å². The summed E-state index contributed by atoms with van der Waals surface area (Å²) in [6, 6.07) is 0.